The maximum atomic E-state index is 11.3. The van der Waals surface area contributed by atoms with Crippen LogP contribution in [0.4, 0.5) is 0 Å². The lowest BCUT2D eigenvalue weighted by Crippen LogP contribution is -2.25. The largest absolute Gasteiger partial charge is 0.377 e. The summed E-state index contributed by atoms with van der Waals surface area (Å²) in [7, 11) is -3.78. The highest BCUT2D eigenvalue weighted by molar-refractivity contribution is 7.86. The average molecular weight is 221 g/mol. The van der Waals surface area contributed by atoms with Crippen molar-refractivity contribution < 1.29 is 17.4 Å². The summed E-state index contributed by atoms with van der Waals surface area (Å²) < 4.78 is 26.9. The monoisotopic (exact) mass is 221 g/mol. The molecule has 0 fully saturated rings. The lowest BCUT2D eigenvalue weighted by atomic mass is 10.0. The molecular formula is C8H15NO4S. The highest BCUT2D eigenvalue weighted by atomic mass is 32.2. The highest BCUT2D eigenvalue weighted by Crippen LogP contribution is 2.18. The summed E-state index contributed by atoms with van der Waals surface area (Å²) in [4.78, 5) is 10.5. The molecule has 0 aromatic rings. The highest BCUT2D eigenvalue weighted by Gasteiger charge is 2.24. The third kappa shape index (κ3) is 5.58. The van der Waals surface area contributed by atoms with Gasteiger partial charge in [-0.05, 0) is 12.0 Å². The van der Waals surface area contributed by atoms with E-state index in [4.69, 9.17) is 5.73 Å². The van der Waals surface area contributed by atoms with E-state index in [2.05, 4.69) is 10.8 Å². The molecule has 0 saturated heterocycles. The predicted molar refractivity (Wildman–Crippen MR) is 52.7 cm³/mol. The fourth-order valence-corrected chi connectivity index (χ4v) is 2.26. The molecule has 0 aromatic heterocycles. The number of hydrogen-bond donors (Lipinski definition) is 1. The average Bonchev–Trinajstić information content (AvgIpc) is 1.78. The molecule has 0 saturated carbocycles. The Morgan fingerprint density at radius 3 is 2.14 bits per heavy atom. The van der Waals surface area contributed by atoms with Gasteiger partial charge >= 0.3 is 10.1 Å². The zero-order valence-electron chi connectivity index (χ0n) is 8.53. The fourth-order valence-electron chi connectivity index (χ4n) is 0.754. The summed E-state index contributed by atoms with van der Waals surface area (Å²) in [6.45, 7) is 8.30. The summed E-state index contributed by atoms with van der Waals surface area (Å²) in [6, 6.07) is 0. The number of primary amides is 1. The molecule has 0 unspecified atom stereocenters. The van der Waals surface area contributed by atoms with Crippen LogP contribution in [0.25, 0.3) is 0 Å². The molecule has 0 aromatic carbocycles. The van der Waals surface area contributed by atoms with E-state index in [-0.39, 0.29) is 5.75 Å². The van der Waals surface area contributed by atoms with Crippen molar-refractivity contribution >= 4 is 16.0 Å². The van der Waals surface area contributed by atoms with Crippen molar-refractivity contribution in [2.45, 2.75) is 20.8 Å². The Labute approximate surface area is 84.1 Å². The van der Waals surface area contributed by atoms with Crippen LogP contribution in [0.1, 0.15) is 20.8 Å². The lowest BCUT2D eigenvalue weighted by molar-refractivity contribution is -0.116. The van der Waals surface area contributed by atoms with Crippen LogP contribution in [0.3, 0.4) is 0 Å². The SMILES string of the molecule is C=C(OS(=O)(=O)CC(C)(C)C)C(N)=O. The molecular weight excluding hydrogens is 206 g/mol. The molecule has 2 N–H and O–H groups in total. The Hall–Kier alpha value is -1.04. The van der Waals surface area contributed by atoms with Crippen molar-refractivity contribution in [3.05, 3.63) is 12.3 Å². The van der Waals surface area contributed by atoms with Crippen LogP contribution in [-0.4, -0.2) is 20.1 Å². The van der Waals surface area contributed by atoms with E-state index in [0.717, 1.165) is 0 Å². The van der Waals surface area contributed by atoms with Gasteiger partial charge in [-0.25, -0.2) is 0 Å². The summed E-state index contributed by atoms with van der Waals surface area (Å²) in [6.07, 6.45) is 0. The third-order valence-electron chi connectivity index (χ3n) is 1.11. The van der Waals surface area contributed by atoms with E-state index in [0.29, 0.717) is 0 Å². The Balaban J connectivity index is 4.53. The summed E-state index contributed by atoms with van der Waals surface area (Å²) in [5.74, 6) is -1.75. The minimum Gasteiger partial charge on any atom is -0.377 e. The van der Waals surface area contributed by atoms with Crippen LogP contribution in [0, 0.1) is 5.41 Å². The van der Waals surface area contributed by atoms with Crippen molar-refractivity contribution in [1.29, 1.82) is 0 Å². The molecule has 0 heterocycles. The predicted octanol–water partition coefficient (Wildman–Crippen LogP) is 0.378. The Kier molecular flexibility index (Phi) is 3.70. The second-order valence-corrected chi connectivity index (χ2v) is 5.70. The molecule has 0 aliphatic carbocycles. The van der Waals surface area contributed by atoms with E-state index >= 15 is 0 Å². The van der Waals surface area contributed by atoms with Gasteiger partial charge in [-0.15, -0.1) is 0 Å². The number of carbonyl (C=O) groups excluding carboxylic acids is 1. The maximum Gasteiger partial charge on any atom is 0.309 e. The van der Waals surface area contributed by atoms with Gasteiger partial charge < -0.3 is 9.92 Å². The first-order valence-electron chi connectivity index (χ1n) is 3.94. The Bertz CT molecular complexity index is 337. The zero-order valence-corrected chi connectivity index (χ0v) is 9.35. The van der Waals surface area contributed by atoms with Crippen molar-refractivity contribution in [2.24, 2.45) is 11.1 Å². The first-order valence-corrected chi connectivity index (χ1v) is 5.52. The van der Waals surface area contributed by atoms with Crippen molar-refractivity contribution in [2.75, 3.05) is 5.75 Å². The van der Waals surface area contributed by atoms with Crippen LogP contribution in [-0.2, 0) is 19.1 Å². The normalized spacial score (nSPS) is 12.2. The quantitative estimate of drug-likeness (QED) is 0.422. The molecule has 1 amide bonds. The van der Waals surface area contributed by atoms with Crippen LogP contribution < -0.4 is 5.73 Å². The Morgan fingerprint density at radius 2 is 1.86 bits per heavy atom. The number of amides is 1. The molecule has 14 heavy (non-hydrogen) atoms. The molecule has 0 aliphatic heterocycles. The first-order chi connectivity index (χ1) is 6.03. The van der Waals surface area contributed by atoms with Crippen molar-refractivity contribution in [3.63, 3.8) is 0 Å². The van der Waals surface area contributed by atoms with Gasteiger partial charge in [-0.2, -0.15) is 8.42 Å². The van der Waals surface area contributed by atoms with Crippen LogP contribution in [0.5, 0.6) is 0 Å². The van der Waals surface area contributed by atoms with Gasteiger partial charge in [-0.1, -0.05) is 20.8 Å². The molecule has 82 valence electrons. The minimum absolute atomic E-state index is 0.202. The molecule has 0 spiro atoms. The summed E-state index contributed by atoms with van der Waals surface area (Å²) >= 11 is 0. The second kappa shape index (κ2) is 4.00. The van der Waals surface area contributed by atoms with E-state index in [1.807, 2.05) is 0 Å². The maximum absolute atomic E-state index is 11.3. The third-order valence-corrected chi connectivity index (χ3v) is 2.79. The van der Waals surface area contributed by atoms with E-state index in [1.54, 1.807) is 20.8 Å². The fraction of sp³-hybridized carbons (Fsp3) is 0.625. The standard InChI is InChI=1S/C8H15NO4S/c1-6(7(9)10)13-14(11,12)5-8(2,3)4/h1,5H2,2-4H3,(H2,9,10). The molecule has 0 aliphatic rings. The smallest absolute Gasteiger partial charge is 0.309 e. The van der Waals surface area contributed by atoms with Gasteiger partial charge in [0.15, 0.2) is 5.76 Å². The van der Waals surface area contributed by atoms with Crippen LogP contribution in [0.2, 0.25) is 0 Å². The van der Waals surface area contributed by atoms with Crippen molar-refractivity contribution in [3.8, 4) is 0 Å². The minimum atomic E-state index is -3.78. The number of nitrogens with two attached hydrogens (primary N) is 1. The molecule has 0 bridgehead atoms. The lowest BCUT2D eigenvalue weighted by Gasteiger charge is -2.17. The second-order valence-electron chi connectivity index (χ2n) is 4.13. The van der Waals surface area contributed by atoms with E-state index < -0.39 is 27.2 Å². The van der Waals surface area contributed by atoms with Crippen LogP contribution in [0.15, 0.2) is 12.3 Å². The Morgan fingerprint density at radius 1 is 1.43 bits per heavy atom. The van der Waals surface area contributed by atoms with E-state index in [1.165, 1.54) is 0 Å². The summed E-state index contributed by atoms with van der Waals surface area (Å²) in [5.41, 5.74) is 4.33. The molecule has 0 rings (SSSR count). The zero-order chi connectivity index (χ0) is 11.6. The van der Waals surface area contributed by atoms with Gasteiger partial charge in [0.05, 0.1) is 5.75 Å². The molecule has 0 atom stereocenters. The number of rotatable bonds is 4. The van der Waals surface area contributed by atoms with E-state index in [9.17, 15) is 13.2 Å². The molecule has 6 heteroatoms. The molecule has 5 nitrogen and oxygen atoms in total. The first kappa shape index (κ1) is 13.0. The van der Waals surface area contributed by atoms with Crippen molar-refractivity contribution in [1.82, 2.24) is 0 Å². The van der Waals surface area contributed by atoms with Gasteiger partial charge in [0.1, 0.15) is 0 Å². The summed E-state index contributed by atoms with van der Waals surface area (Å²) in [5, 5.41) is 0. The molecule has 0 radical (unpaired) electrons. The number of carbonyl (C=O) groups is 1. The van der Waals surface area contributed by atoms with Crippen LogP contribution >= 0.6 is 0 Å². The van der Waals surface area contributed by atoms with Gasteiger partial charge in [0.2, 0.25) is 0 Å². The van der Waals surface area contributed by atoms with Gasteiger partial charge in [0.25, 0.3) is 5.91 Å². The van der Waals surface area contributed by atoms with Gasteiger partial charge in [0, 0.05) is 0 Å². The topological polar surface area (TPSA) is 86.5 Å². The number of hydrogen-bond acceptors (Lipinski definition) is 4. The van der Waals surface area contributed by atoms with Gasteiger partial charge in [-0.3, -0.25) is 4.79 Å².